The topological polar surface area (TPSA) is 60.9 Å². The molecule has 3 aromatic carbocycles. The van der Waals surface area contributed by atoms with Crippen molar-refractivity contribution >= 4 is 28.2 Å². The Labute approximate surface area is 163 Å². The standard InChI is InChI=1S/C23H22N2O3/c1-16(26)17-6-8-20(9-7-17)24-10-12-25(13-11-24)23(28)21-14-18-4-2-3-5-19(18)15-22(21)27/h2-9,14-15,27H,10-13H2,1H3. The second-order valence-electron chi connectivity index (χ2n) is 7.10. The Morgan fingerprint density at radius 2 is 1.46 bits per heavy atom. The minimum absolute atomic E-state index is 0.0194. The number of hydrogen-bond acceptors (Lipinski definition) is 4. The van der Waals surface area contributed by atoms with Crippen LogP contribution in [-0.4, -0.2) is 47.9 Å². The van der Waals surface area contributed by atoms with Gasteiger partial charge < -0.3 is 14.9 Å². The van der Waals surface area contributed by atoms with Crippen LogP contribution in [0.15, 0.2) is 60.7 Å². The number of phenolic OH excluding ortho intramolecular Hbond substituents is 1. The molecule has 0 spiro atoms. The van der Waals surface area contributed by atoms with Crippen molar-refractivity contribution < 1.29 is 14.7 Å². The second-order valence-corrected chi connectivity index (χ2v) is 7.10. The molecule has 0 aliphatic carbocycles. The van der Waals surface area contributed by atoms with E-state index in [4.69, 9.17) is 0 Å². The molecule has 1 N–H and O–H groups in total. The predicted octanol–water partition coefficient (Wildman–Crippen LogP) is 3.71. The van der Waals surface area contributed by atoms with E-state index in [2.05, 4.69) is 4.90 Å². The highest BCUT2D eigenvalue weighted by atomic mass is 16.3. The van der Waals surface area contributed by atoms with Gasteiger partial charge in [-0.2, -0.15) is 0 Å². The van der Waals surface area contributed by atoms with Gasteiger partial charge in [-0.1, -0.05) is 24.3 Å². The summed E-state index contributed by atoms with van der Waals surface area (Å²) in [4.78, 5) is 28.3. The van der Waals surface area contributed by atoms with E-state index < -0.39 is 0 Å². The van der Waals surface area contributed by atoms with Crippen LogP contribution >= 0.6 is 0 Å². The third-order valence-electron chi connectivity index (χ3n) is 5.30. The molecule has 0 aromatic heterocycles. The highest BCUT2D eigenvalue weighted by molar-refractivity contribution is 6.01. The van der Waals surface area contributed by atoms with Gasteiger partial charge in [0.25, 0.3) is 5.91 Å². The number of fused-ring (bicyclic) bond motifs is 1. The van der Waals surface area contributed by atoms with Gasteiger partial charge in [0, 0.05) is 37.4 Å². The quantitative estimate of drug-likeness (QED) is 0.710. The summed E-state index contributed by atoms with van der Waals surface area (Å²) in [6, 6.07) is 18.7. The number of amides is 1. The maximum Gasteiger partial charge on any atom is 0.257 e. The smallest absolute Gasteiger partial charge is 0.257 e. The van der Waals surface area contributed by atoms with Crippen LogP contribution in [0.2, 0.25) is 0 Å². The summed E-state index contributed by atoms with van der Waals surface area (Å²) in [5.41, 5.74) is 2.09. The van der Waals surface area contributed by atoms with Crippen molar-refractivity contribution in [1.29, 1.82) is 0 Å². The molecule has 3 aromatic rings. The zero-order valence-corrected chi connectivity index (χ0v) is 15.8. The summed E-state index contributed by atoms with van der Waals surface area (Å²) in [6.07, 6.45) is 0. The van der Waals surface area contributed by atoms with Crippen molar-refractivity contribution in [2.75, 3.05) is 31.1 Å². The van der Waals surface area contributed by atoms with Crippen LogP contribution in [0, 0.1) is 0 Å². The number of benzene rings is 3. The maximum absolute atomic E-state index is 12.9. The largest absolute Gasteiger partial charge is 0.507 e. The first kappa shape index (κ1) is 18.0. The van der Waals surface area contributed by atoms with E-state index in [1.807, 2.05) is 48.5 Å². The third kappa shape index (κ3) is 3.43. The van der Waals surface area contributed by atoms with Gasteiger partial charge in [-0.25, -0.2) is 0 Å². The fourth-order valence-corrected chi connectivity index (χ4v) is 3.64. The van der Waals surface area contributed by atoms with Gasteiger partial charge in [0.1, 0.15) is 5.75 Å². The Kier molecular flexibility index (Phi) is 4.74. The molecule has 0 bridgehead atoms. The van der Waals surface area contributed by atoms with Crippen LogP contribution < -0.4 is 4.90 Å². The average molecular weight is 374 g/mol. The zero-order valence-electron chi connectivity index (χ0n) is 15.8. The van der Waals surface area contributed by atoms with E-state index >= 15 is 0 Å². The molecule has 142 valence electrons. The minimum Gasteiger partial charge on any atom is -0.507 e. The molecule has 1 aliphatic heterocycles. The van der Waals surface area contributed by atoms with Crippen molar-refractivity contribution in [2.24, 2.45) is 0 Å². The summed E-state index contributed by atoms with van der Waals surface area (Å²) >= 11 is 0. The van der Waals surface area contributed by atoms with Gasteiger partial charge in [0.2, 0.25) is 0 Å². The first-order chi connectivity index (χ1) is 13.5. The number of phenols is 1. The Hall–Kier alpha value is -3.34. The summed E-state index contributed by atoms with van der Waals surface area (Å²) < 4.78 is 0. The van der Waals surface area contributed by atoms with E-state index in [-0.39, 0.29) is 17.4 Å². The van der Waals surface area contributed by atoms with Crippen LogP contribution in [0.5, 0.6) is 5.75 Å². The zero-order chi connectivity index (χ0) is 19.7. The average Bonchev–Trinajstić information content (AvgIpc) is 2.73. The van der Waals surface area contributed by atoms with Gasteiger partial charge >= 0.3 is 0 Å². The molecule has 1 amide bonds. The maximum atomic E-state index is 12.9. The lowest BCUT2D eigenvalue weighted by Crippen LogP contribution is -2.48. The molecule has 0 unspecified atom stereocenters. The molecule has 5 heteroatoms. The molecule has 0 atom stereocenters. The highest BCUT2D eigenvalue weighted by Crippen LogP contribution is 2.27. The second kappa shape index (κ2) is 7.35. The number of piperazine rings is 1. The van der Waals surface area contributed by atoms with Crippen LogP contribution in [0.3, 0.4) is 0 Å². The molecular formula is C23H22N2O3. The van der Waals surface area contributed by atoms with E-state index in [0.29, 0.717) is 37.3 Å². The summed E-state index contributed by atoms with van der Waals surface area (Å²) in [5.74, 6) is -0.0714. The highest BCUT2D eigenvalue weighted by Gasteiger charge is 2.24. The SMILES string of the molecule is CC(=O)c1ccc(N2CCN(C(=O)c3cc4ccccc4cc3O)CC2)cc1. The number of ketones is 1. The monoisotopic (exact) mass is 374 g/mol. The molecule has 0 radical (unpaired) electrons. The molecule has 4 rings (SSSR count). The summed E-state index contributed by atoms with van der Waals surface area (Å²) in [7, 11) is 0. The van der Waals surface area contributed by atoms with E-state index in [0.717, 1.165) is 16.5 Å². The lowest BCUT2D eigenvalue weighted by Gasteiger charge is -2.36. The fraction of sp³-hybridized carbons (Fsp3) is 0.217. The predicted molar refractivity (Wildman–Crippen MR) is 110 cm³/mol. The molecule has 1 heterocycles. The normalized spacial score (nSPS) is 14.3. The van der Waals surface area contributed by atoms with Gasteiger partial charge in [-0.3, -0.25) is 9.59 Å². The number of nitrogens with zero attached hydrogens (tertiary/aromatic N) is 2. The first-order valence-electron chi connectivity index (χ1n) is 9.40. The molecule has 1 fully saturated rings. The Bertz CT molecular complexity index is 1040. The summed E-state index contributed by atoms with van der Waals surface area (Å²) in [6.45, 7) is 4.14. The lowest BCUT2D eigenvalue weighted by atomic mass is 10.0. The number of rotatable bonds is 3. The van der Waals surface area contributed by atoms with Crippen LogP contribution in [0.1, 0.15) is 27.6 Å². The Morgan fingerprint density at radius 3 is 2.07 bits per heavy atom. The first-order valence-corrected chi connectivity index (χ1v) is 9.40. The lowest BCUT2D eigenvalue weighted by molar-refractivity contribution is 0.0743. The van der Waals surface area contributed by atoms with Crippen molar-refractivity contribution in [1.82, 2.24) is 4.90 Å². The molecule has 1 saturated heterocycles. The number of anilines is 1. The van der Waals surface area contributed by atoms with Crippen LogP contribution in [0.25, 0.3) is 10.8 Å². The number of Topliss-reactive ketones (excluding diaryl/α,β-unsaturated/α-hetero) is 1. The van der Waals surface area contributed by atoms with Crippen LogP contribution in [-0.2, 0) is 0 Å². The fourth-order valence-electron chi connectivity index (χ4n) is 3.64. The van der Waals surface area contributed by atoms with Crippen molar-refractivity contribution in [2.45, 2.75) is 6.92 Å². The van der Waals surface area contributed by atoms with Crippen LogP contribution in [0.4, 0.5) is 5.69 Å². The number of hydrogen-bond donors (Lipinski definition) is 1. The minimum atomic E-state index is -0.144. The van der Waals surface area contributed by atoms with E-state index in [9.17, 15) is 14.7 Å². The molecule has 5 nitrogen and oxygen atoms in total. The van der Waals surface area contributed by atoms with Crippen molar-refractivity contribution in [3.8, 4) is 5.75 Å². The number of aromatic hydroxyl groups is 1. The summed E-state index contributed by atoms with van der Waals surface area (Å²) in [5, 5.41) is 12.2. The van der Waals surface area contributed by atoms with Crippen molar-refractivity contribution in [3.05, 3.63) is 71.8 Å². The van der Waals surface area contributed by atoms with Gasteiger partial charge in [-0.15, -0.1) is 0 Å². The van der Waals surface area contributed by atoms with Gasteiger partial charge in [0.15, 0.2) is 5.78 Å². The van der Waals surface area contributed by atoms with E-state index in [1.165, 1.54) is 0 Å². The van der Waals surface area contributed by atoms with Gasteiger partial charge in [0.05, 0.1) is 5.56 Å². The molecule has 1 aliphatic rings. The van der Waals surface area contributed by atoms with E-state index in [1.54, 1.807) is 24.0 Å². The molecular weight excluding hydrogens is 352 g/mol. The van der Waals surface area contributed by atoms with Crippen molar-refractivity contribution in [3.63, 3.8) is 0 Å². The molecule has 28 heavy (non-hydrogen) atoms. The molecule has 0 saturated carbocycles. The Morgan fingerprint density at radius 1 is 0.857 bits per heavy atom. The van der Waals surface area contributed by atoms with Gasteiger partial charge in [-0.05, 0) is 54.1 Å². The number of carbonyl (C=O) groups excluding carboxylic acids is 2. The number of carbonyl (C=O) groups is 2. The Balaban J connectivity index is 1.47. The third-order valence-corrected chi connectivity index (χ3v) is 5.30.